The minimum atomic E-state index is -0.434. The summed E-state index contributed by atoms with van der Waals surface area (Å²) in [5.41, 5.74) is 8.41. The number of halogens is 1. The summed E-state index contributed by atoms with van der Waals surface area (Å²) in [6.07, 6.45) is 3.33. The molecule has 0 unspecified atom stereocenters. The van der Waals surface area contributed by atoms with Gasteiger partial charge in [0.1, 0.15) is 11.6 Å². The number of ether oxygens (including phenoxy) is 1. The fourth-order valence-electron chi connectivity index (χ4n) is 4.49. The average molecular weight is 476 g/mol. The third-order valence-corrected chi connectivity index (χ3v) is 6.43. The summed E-state index contributed by atoms with van der Waals surface area (Å²) in [5, 5.41) is 2.88. The fraction of sp³-hybridized carbons (Fsp3) is 0.286. The Morgan fingerprint density at radius 3 is 2.40 bits per heavy atom. The number of benzene rings is 3. The van der Waals surface area contributed by atoms with Gasteiger partial charge in [-0.25, -0.2) is 4.39 Å². The first-order chi connectivity index (χ1) is 16.9. The molecule has 7 heteroatoms. The van der Waals surface area contributed by atoms with E-state index in [0.29, 0.717) is 29.1 Å². The van der Waals surface area contributed by atoms with Gasteiger partial charge in [0.05, 0.1) is 12.7 Å². The van der Waals surface area contributed by atoms with Gasteiger partial charge in [-0.1, -0.05) is 30.3 Å². The van der Waals surface area contributed by atoms with Crippen molar-refractivity contribution < 1.29 is 18.7 Å². The molecule has 1 saturated carbocycles. The third kappa shape index (κ3) is 6.05. The van der Waals surface area contributed by atoms with Gasteiger partial charge in [-0.2, -0.15) is 0 Å². The van der Waals surface area contributed by atoms with E-state index in [1.54, 1.807) is 36.4 Å². The summed E-state index contributed by atoms with van der Waals surface area (Å²) in [6, 6.07) is 20.4. The van der Waals surface area contributed by atoms with Crippen LogP contribution in [0.4, 0.5) is 10.1 Å². The van der Waals surface area contributed by atoms with Crippen molar-refractivity contribution in [2.24, 2.45) is 5.73 Å². The number of methoxy groups -OCH3 is 1. The highest BCUT2D eigenvalue weighted by Crippen LogP contribution is 2.26. The number of nitrogens with zero attached hydrogens (tertiary/aromatic N) is 1. The lowest BCUT2D eigenvalue weighted by molar-refractivity contribution is 0.0606. The number of nitrogens with two attached hydrogens (primary N) is 1. The number of amides is 2. The van der Waals surface area contributed by atoms with E-state index in [1.165, 1.54) is 19.2 Å². The lowest BCUT2D eigenvalue weighted by Gasteiger charge is -2.36. The van der Waals surface area contributed by atoms with Crippen molar-refractivity contribution in [2.45, 2.75) is 44.3 Å². The highest BCUT2D eigenvalue weighted by Gasteiger charge is 2.28. The number of nitrogens with one attached hydrogen (secondary N) is 1. The van der Waals surface area contributed by atoms with E-state index < -0.39 is 5.82 Å². The monoisotopic (exact) mass is 475 g/mol. The molecule has 3 aromatic rings. The van der Waals surface area contributed by atoms with Gasteiger partial charge in [0.2, 0.25) is 0 Å². The Hall–Kier alpha value is -3.71. The predicted octanol–water partition coefficient (Wildman–Crippen LogP) is 5.00. The molecule has 2 amide bonds. The second-order valence-corrected chi connectivity index (χ2v) is 8.86. The predicted molar refractivity (Wildman–Crippen MR) is 134 cm³/mol. The zero-order valence-corrected chi connectivity index (χ0v) is 19.7. The van der Waals surface area contributed by atoms with Crippen molar-refractivity contribution >= 4 is 17.5 Å². The zero-order valence-electron chi connectivity index (χ0n) is 19.7. The first-order valence-electron chi connectivity index (χ1n) is 11.8. The molecule has 3 N–H and O–H groups in total. The molecule has 0 aliphatic heterocycles. The fourth-order valence-corrected chi connectivity index (χ4v) is 4.49. The Morgan fingerprint density at radius 1 is 1.00 bits per heavy atom. The second-order valence-electron chi connectivity index (χ2n) is 8.86. The SMILES string of the molecule is COc1ccccc1C(=O)Nc1ccc(CN(C(=O)c2cccc(F)c2)C2CCC(N)CC2)cc1. The molecule has 3 aromatic carbocycles. The van der Waals surface area contributed by atoms with Crippen molar-refractivity contribution in [3.63, 3.8) is 0 Å². The molecule has 0 spiro atoms. The van der Waals surface area contributed by atoms with E-state index in [9.17, 15) is 14.0 Å². The average Bonchev–Trinajstić information content (AvgIpc) is 2.88. The molecule has 0 bridgehead atoms. The van der Waals surface area contributed by atoms with Gasteiger partial charge in [0.15, 0.2) is 0 Å². The van der Waals surface area contributed by atoms with Crippen LogP contribution in [0, 0.1) is 5.82 Å². The highest BCUT2D eigenvalue weighted by atomic mass is 19.1. The maximum Gasteiger partial charge on any atom is 0.259 e. The van der Waals surface area contributed by atoms with Crippen LogP contribution in [0.5, 0.6) is 5.75 Å². The quantitative estimate of drug-likeness (QED) is 0.504. The van der Waals surface area contributed by atoms with E-state index in [2.05, 4.69) is 5.32 Å². The van der Waals surface area contributed by atoms with Crippen molar-refractivity contribution in [1.82, 2.24) is 4.90 Å². The lowest BCUT2D eigenvalue weighted by Crippen LogP contribution is -2.43. The minimum Gasteiger partial charge on any atom is -0.496 e. The normalized spacial score (nSPS) is 17.5. The number of carbonyl (C=O) groups excluding carboxylic acids is 2. The summed E-state index contributed by atoms with van der Waals surface area (Å²) in [5.74, 6) is -0.396. The van der Waals surface area contributed by atoms with Gasteiger partial charge in [-0.3, -0.25) is 9.59 Å². The number of carbonyl (C=O) groups is 2. The van der Waals surface area contributed by atoms with Crippen LogP contribution in [0.3, 0.4) is 0 Å². The molecular weight excluding hydrogens is 445 g/mol. The summed E-state index contributed by atoms with van der Waals surface area (Å²) < 4.78 is 19.1. The smallest absolute Gasteiger partial charge is 0.259 e. The van der Waals surface area contributed by atoms with Crippen LogP contribution in [0.15, 0.2) is 72.8 Å². The Balaban J connectivity index is 1.50. The van der Waals surface area contributed by atoms with Crippen LogP contribution in [-0.2, 0) is 6.54 Å². The van der Waals surface area contributed by atoms with Gasteiger partial charge >= 0.3 is 0 Å². The van der Waals surface area contributed by atoms with E-state index in [4.69, 9.17) is 10.5 Å². The Bertz CT molecular complexity index is 1170. The topological polar surface area (TPSA) is 84.7 Å². The summed E-state index contributed by atoms with van der Waals surface area (Å²) >= 11 is 0. The van der Waals surface area contributed by atoms with Crippen molar-refractivity contribution in [2.75, 3.05) is 12.4 Å². The van der Waals surface area contributed by atoms with Gasteiger partial charge in [-0.15, -0.1) is 0 Å². The van der Waals surface area contributed by atoms with Crippen LogP contribution in [0.2, 0.25) is 0 Å². The van der Waals surface area contributed by atoms with Crippen LogP contribution < -0.4 is 15.8 Å². The molecule has 0 radical (unpaired) electrons. The van der Waals surface area contributed by atoms with Crippen molar-refractivity contribution in [1.29, 1.82) is 0 Å². The maximum atomic E-state index is 13.8. The molecule has 0 saturated heterocycles. The molecule has 0 atom stereocenters. The second kappa shape index (κ2) is 11.1. The van der Waals surface area contributed by atoms with Gasteiger partial charge in [0, 0.05) is 29.9 Å². The van der Waals surface area contributed by atoms with Gasteiger partial charge in [0.25, 0.3) is 11.8 Å². The van der Waals surface area contributed by atoms with Crippen LogP contribution in [0.25, 0.3) is 0 Å². The number of rotatable bonds is 7. The first-order valence-corrected chi connectivity index (χ1v) is 11.8. The Kier molecular flexibility index (Phi) is 7.77. The summed E-state index contributed by atoms with van der Waals surface area (Å²) in [7, 11) is 1.53. The summed E-state index contributed by atoms with van der Waals surface area (Å²) in [4.78, 5) is 27.9. The zero-order chi connectivity index (χ0) is 24.8. The molecule has 182 valence electrons. The first kappa shape index (κ1) is 24.4. The van der Waals surface area contributed by atoms with Gasteiger partial charge < -0.3 is 20.7 Å². The van der Waals surface area contributed by atoms with E-state index in [0.717, 1.165) is 31.2 Å². The third-order valence-electron chi connectivity index (χ3n) is 6.43. The molecule has 4 rings (SSSR count). The molecule has 1 aliphatic rings. The van der Waals surface area contributed by atoms with Crippen molar-refractivity contribution in [3.8, 4) is 5.75 Å². The number of anilines is 1. The molecule has 0 heterocycles. The van der Waals surface area contributed by atoms with Crippen molar-refractivity contribution in [3.05, 3.63) is 95.3 Å². The summed E-state index contributed by atoms with van der Waals surface area (Å²) in [6.45, 7) is 0.385. The highest BCUT2D eigenvalue weighted by molar-refractivity contribution is 6.06. The Morgan fingerprint density at radius 2 is 1.71 bits per heavy atom. The van der Waals surface area contributed by atoms with E-state index in [1.807, 2.05) is 29.2 Å². The number of hydrogen-bond donors (Lipinski definition) is 2. The lowest BCUT2D eigenvalue weighted by atomic mass is 9.90. The number of hydrogen-bond acceptors (Lipinski definition) is 4. The largest absolute Gasteiger partial charge is 0.496 e. The molecule has 1 fully saturated rings. The Labute approximate surface area is 204 Å². The molecule has 0 aromatic heterocycles. The standard InChI is InChI=1S/C28H30FN3O3/c1-35-26-8-3-2-7-25(26)27(33)31-23-13-9-19(10-14-23)18-32(24-15-11-22(30)12-16-24)28(34)20-5-4-6-21(29)17-20/h2-10,13-14,17,22,24H,11-12,15-16,18,30H2,1H3,(H,31,33). The molecule has 35 heavy (non-hydrogen) atoms. The van der Waals surface area contributed by atoms with Crippen LogP contribution >= 0.6 is 0 Å². The number of para-hydroxylation sites is 1. The van der Waals surface area contributed by atoms with Gasteiger partial charge in [-0.05, 0) is 73.7 Å². The maximum absolute atomic E-state index is 13.8. The van der Waals surface area contributed by atoms with Crippen LogP contribution in [0.1, 0.15) is 52.0 Å². The molecule has 6 nitrogen and oxygen atoms in total. The molecular formula is C28H30FN3O3. The van der Waals surface area contributed by atoms with E-state index in [-0.39, 0.29) is 23.9 Å². The molecule has 1 aliphatic carbocycles. The minimum absolute atomic E-state index is 0.0375. The van der Waals surface area contributed by atoms with Crippen LogP contribution in [-0.4, -0.2) is 35.9 Å². The van der Waals surface area contributed by atoms with E-state index >= 15 is 0 Å².